The zero-order chi connectivity index (χ0) is 59.0. The van der Waals surface area contributed by atoms with Gasteiger partial charge in [-0.3, -0.25) is 4.79 Å². The number of carbonyl (C=O) groups is 1. The lowest BCUT2D eigenvalue weighted by molar-refractivity contribution is -0.379. The van der Waals surface area contributed by atoms with Crippen LogP contribution in [0.4, 0.5) is 0 Å². The van der Waals surface area contributed by atoms with Crippen LogP contribution in [-0.2, 0) is 33.2 Å². The van der Waals surface area contributed by atoms with Crippen molar-refractivity contribution in [3.05, 3.63) is 12.2 Å². The molecule has 1 amide bonds. The Morgan fingerprint density at radius 1 is 0.432 bits per heavy atom. The fourth-order valence-corrected chi connectivity index (χ4v) is 11.3. The van der Waals surface area contributed by atoms with Crippen molar-refractivity contribution >= 4 is 5.91 Å². The number of hydrogen-bond acceptors (Lipinski definition) is 18. The highest BCUT2D eigenvalue weighted by Gasteiger charge is 2.53. The molecule has 3 rings (SSSR count). The lowest BCUT2D eigenvalue weighted by Gasteiger charge is -2.48. The third kappa shape index (κ3) is 29.2. The third-order valence-electron chi connectivity index (χ3n) is 16.6. The van der Waals surface area contributed by atoms with Crippen molar-refractivity contribution in [2.24, 2.45) is 0 Å². The Morgan fingerprint density at radius 3 is 1.16 bits per heavy atom. The topological polar surface area (TPSA) is 307 Å². The lowest BCUT2D eigenvalue weighted by Crippen LogP contribution is -2.66. The zero-order valence-electron chi connectivity index (χ0n) is 50.0. The normalized spacial score (nSPS) is 29.8. The number of aliphatic hydroxyl groups excluding tert-OH is 11. The van der Waals surface area contributed by atoms with Gasteiger partial charge in [-0.25, -0.2) is 0 Å². The maximum Gasteiger partial charge on any atom is 0.220 e. The van der Waals surface area contributed by atoms with Gasteiger partial charge in [-0.1, -0.05) is 231 Å². The molecule has 12 N–H and O–H groups in total. The first-order chi connectivity index (χ1) is 39.3. The van der Waals surface area contributed by atoms with Crippen LogP contribution < -0.4 is 5.32 Å². The van der Waals surface area contributed by atoms with Crippen molar-refractivity contribution in [1.82, 2.24) is 5.32 Å². The summed E-state index contributed by atoms with van der Waals surface area (Å²) in [6.07, 6.45) is 20.4. The van der Waals surface area contributed by atoms with Crippen LogP contribution in [0.5, 0.6) is 0 Å². The Labute approximate surface area is 486 Å². The molecule has 0 aromatic heterocycles. The van der Waals surface area contributed by atoms with Crippen LogP contribution in [0.1, 0.15) is 245 Å². The molecule has 3 fully saturated rings. The highest BCUT2D eigenvalue weighted by Crippen LogP contribution is 2.33. The summed E-state index contributed by atoms with van der Waals surface area (Å²) in [5.74, 6) is -0.271. The molecule has 19 nitrogen and oxygen atoms in total. The summed E-state index contributed by atoms with van der Waals surface area (Å²) in [7, 11) is 0. The maximum absolute atomic E-state index is 13.3. The Hall–Kier alpha value is -1.47. The number of rotatable bonds is 49. The fourth-order valence-electron chi connectivity index (χ4n) is 11.3. The molecule has 0 radical (unpaired) electrons. The van der Waals surface area contributed by atoms with E-state index < -0.39 is 124 Å². The summed E-state index contributed by atoms with van der Waals surface area (Å²) < 4.78 is 34.3. The minimum Gasteiger partial charge on any atom is -0.394 e. The monoisotopic (exact) mass is 1160 g/mol. The summed E-state index contributed by atoms with van der Waals surface area (Å²) in [6.45, 7) is 1.75. The molecule has 3 aliphatic heterocycles. The quantitative estimate of drug-likeness (QED) is 0.0217. The van der Waals surface area contributed by atoms with Crippen LogP contribution in [0.25, 0.3) is 0 Å². The standard InChI is InChI=1S/C62H117NO18/c1-3-5-7-9-11-13-15-17-19-21-22-23-24-25-27-29-31-33-35-37-39-46(67)45(63-50(68)40-38-36-34-32-30-28-26-20-18-16-14-12-10-8-6-4-2)44-76-60-56(74)53(71)58(48(42-65)78-60)81-62-57(75)54(72)59(49(43-66)79-62)80-61-55(73)52(70)51(69)47(41-64)77-61/h37,39,45-49,51-62,64-67,69-75H,3-36,38,40-44H2,1-2H3,(H,63,68)/b39-37+. The van der Waals surface area contributed by atoms with Gasteiger partial charge in [-0.15, -0.1) is 0 Å². The molecule has 17 unspecified atom stereocenters. The Kier molecular flexibility index (Phi) is 41.7. The van der Waals surface area contributed by atoms with E-state index in [1.54, 1.807) is 6.08 Å². The number of carbonyl (C=O) groups excluding carboxylic acids is 1. The van der Waals surface area contributed by atoms with Crippen LogP contribution in [0.2, 0.25) is 0 Å². The third-order valence-corrected chi connectivity index (χ3v) is 16.6. The minimum atomic E-state index is -1.97. The van der Waals surface area contributed by atoms with Gasteiger partial charge < -0.3 is 89.9 Å². The van der Waals surface area contributed by atoms with E-state index in [9.17, 15) is 61.0 Å². The lowest BCUT2D eigenvalue weighted by atomic mass is 9.96. The molecule has 0 aromatic carbocycles. The van der Waals surface area contributed by atoms with Crippen LogP contribution in [-0.4, -0.2) is 193 Å². The second-order valence-corrected chi connectivity index (χ2v) is 23.6. The molecule has 478 valence electrons. The molecular weight excluding hydrogens is 1050 g/mol. The van der Waals surface area contributed by atoms with E-state index in [4.69, 9.17) is 28.4 Å². The van der Waals surface area contributed by atoms with Gasteiger partial charge >= 0.3 is 0 Å². The van der Waals surface area contributed by atoms with E-state index in [0.29, 0.717) is 6.42 Å². The minimum absolute atomic E-state index is 0.249. The highest BCUT2D eigenvalue weighted by atomic mass is 16.8. The van der Waals surface area contributed by atoms with E-state index in [-0.39, 0.29) is 18.9 Å². The molecule has 19 heteroatoms. The molecule has 0 spiro atoms. The first kappa shape index (κ1) is 73.8. The molecule has 0 aliphatic carbocycles. The van der Waals surface area contributed by atoms with Gasteiger partial charge in [0.25, 0.3) is 0 Å². The first-order valence-corrected chi connectivity index (χ1v) is 32.4. The van der Waals surface area contributed by atoms with Crippen molar-refractivity contribution in [3.63, 3.8) is 0 Å². The van der Waals surface area contributed by atoms with Gasteiger partial charge in [0.15, 0.2) is 18.9 Å². The SMILES string of the molecule is CCCCCCCCCCCCCCCCCCCC/C=C/C(O)C(COC1OC(CO)C(OC2OC(CO)C(OC3OC(CO)C(O)C(O)C3O)C(O)C2O)C(O)C1O)NC(=O)CCCCCCCCCCCCCCCCCC. The number of allylic oxidation sites excluding steroid dienone is 1. The van der Waals surface area contributed by atoms with E-state index >= 15 is 0 Å². The van der Waals surface area contributed by atoms with Gasteiger partial charge in [0.2, 0.25) is 5.91 Å². The van der Waals surface area contributed by atoms with E-state index in [0.717, 1.165) is 44.9 Å². The van der Waals surface area contributed by atoms with Crippen molar-refractivity contribution in [3.8, 4) is 0 Å². The van der Waals surface area contributed by atoms with Crippen LogP contribution in [0.3, 0.4) is 0 Å². The average molecular weight is 1160 g/mol. The van der Waals surface area contributed by atoms with Gasteiger partial charge in [0, 0.05) is 6.42 Å². The molecule has 3 heterocycles. The summed E-state index contributed by atoms with van der Waals surface area (Å²) in [6, 6.07) is -0.967. The molecule has 0 aromatic rings. The molecular formula is C62H117NO18. The number of aliphatic hydroxyl groups is 11. The Bertz CT molecular complexity index is 1530. The van der Waals surface area contributed by atoms with Crippen molar-refractivity contribution in [2.45, 2.75) is 349 Å². The van der Waals surface area contributed by atoms with Crippen molar-refractivity contribution in [2.75, 3.05) is 26.4 Å². The van der Waals surface area contributed by atoms with Crippen LogP contribution >= 0.6 is 0 Å². The number of nitrogens with one attached hydrogen (secondary N) is 1. The van der Waals surface area contributed by atoms with Crippen LogP contribution in [0.15, 0.2) is 12.2 Å². The molecule has 0 saturated carbocycles. The summed E-state index contributed by atoms with van der Waals surface area (Å²) in [4.78, 5) is 13.3. The summed E-state index contributed by atoms with van der Waals surface area (Å²) >= 11 is 0. The summed E-state index contributed by atoms with van der Waals surface area (Å²) in [5.41, 5.74) is 0. The van der Waals surface area contributed by atoms with Gasteiger partial charge in [-0.05, 0) is 19.3 Å². The highest BCUT2D eigenvalue weighted by molar-refractivity contribution is 5.76. The molecule has 81 heavy (non-hydrogen) atoms. The fraction of sp³-hybridized carbons (Fsp3) is 0.952. The smallest absolute Gasteiger partial charge is 0.220 e. The summed E-state index contributed by atoms with van der Waals surface area (Å²) in [5, 5.41) is 120. The number of unbranched alkanes of at least 4 members (excludes halogenated alkanes) is 33. The zero-order valence-corrected chi connectivity index (χ0v) is 50.0. The van der Waals surface area contributed by atoms with Gasteiger partial charge in [0.05, 0.1) is 38.6 Å². The molecule has 3 aliphatic rings. The van der Waals surface area contributed by atoms with Crippen molar-refractivity contribution < 1.29 is 89.4 Å². The number of hydrogen-bond donors (Lipinski definition) is 12. The first-order valence-electron chi connectivity index (χ1n) is 32.4. The number of amides is 1. The molecule has 3 saturated heterocycles. The predicted octanol–water partition coefficient (Wildman–Crippen LogP) is 6.94. The second kappa shape index (κ2) is 45.8. The largest absolute Gasteiger partial charge is 0.394 e. The van der Waals surface area contributed by atoms with Gasteiger partial charge in [0.1, 0.15) is 73.2 Å². The predicted molar refractivity (Wildman–Crippen MR) is 310 cm³/mol. The van der Waals surface area contributed by atoms with E-state index in [1.165, 1.54) is 173 Å². The Morgan fingerprint density at radius 2 is 0.765 bits per heavy atom. The average Bonchev–Trinajstić information content (AvgIpc) is 3.48. The van der Waals surface area contributed by atoms with Crippen molar-refractivity contribution in [1.29, 1.82) is 0 Å². The second-order valence-electron chi connectivity index (χ2n) is 23.6. The van der Waals surface area contributed by atoms with E-state index in [1.807, 2.05) is 6.08 Å². The Balaban J connectivity index is 1.48. The van der Waals surface area contributed by atoms with E-state index in [2.05, 4.69) is 19.2 Å². The maximum atomic E-state index is 13.3. The van der Waals surface area contributed by atoms with Crippen LogP contribution in [0, 0.1) is 0 Å². The molecule has 0 bridgehead atoms. The molecule has 17 atom stereocenters. The number of ether oxygens (including phenoxy) is 6. The van der Waals surface area contributed by atoms with Gasteiger partial charge in [-0.2, -0.15) is 0 Å².